The van der Waals surface area contributed by atoms with E-state index in [1.165, 1.54) is 0 Å². The number of hydrogen-bond donors (Lipinski definition) is 1. The lowest BCUT2D eigenvalue weighted by Gasteiger charge is -2.50. The molecule has 3 heteroatoms. The number of carbonyl (C=O) groups excluding carboxylic acids is 1. The molecule has 0 bridgehead atoms. The topological polar surface area (TPSA) is 46.5 Å². The summed E-state index contributed by atoms with van der Waals surface area (Å²) in [7, 11) is 0. The van der Waals surface area contributed by atoms with Crippen LogP contribution in [0.3, 0.4) is 0 Å². The fraction of sp³-hybridized carbons (Fsp3) is 0.667. The van der Waals surface area contributed by atoms with Crippen molar-refractivity contribution in [1.82, 2.24) is 0 Å². The number of fused-ring (bicyclic) bond motifs is 3. The average molecular weight is 248 g/mol. The smallest absolute Gasteiger partial charge is 0.334 e. The zero-order valence-corrected chi connectivity index (χ0v) is 10.9. The van der Waals surface area contributed by atoms with E-state index in [-0.39, 0.29) is 35.2 Å². The van der Waals surface area contributed by atoms with E-state index in [9.17, 15) is 9.90 Å². The van der Waals surface area contributed by atoms with E-state index in [2.05, 4.69) is 19.6 Å². The fourth-order valence-corrected chi connectivity index (χ4v) is 4.10. The van der Waals surface area contributed by atoms with Crippen molar-refractivity contribution in [3.05, 3.63) is 24.3 Å². The Hall–Kier alpha value is -1.09. The maximum atomic E-state index is 11.7. The molecule has 1 saturated heterocycles. The predicted molar refractivity (Wildman–Crippen MR) is 67.7 cm³/mol. The molecule has 2 aliphatic carbocycles. The molecule has 0 amide bonds. The van der Waals surface area contributed by atoms with E-state index >= 15 is 0 Å². The Morgan fingerprint density at radius 3 is 3.00 bits per heavy atom. The van der Waals surface area contributed by atoms with Crippen molar-refractivity contribution in [3.63, 3.8) is 0 Å². The number of esters is 1. The lowest BCUT2D eigenvalue weighted by atomic mass is 9.55. The second-order valence-corrected chi connectivity index (χ2v) is 6.28. The van der Waals surface area contributed by atoms with Crippen LogP contribution in [0.2, 0.25) is 0 Å². The zero-order valence-electron chi connectivity index (χ0n) is 10.9. The zero-order chi connectivity index (χ0) is 13.1. The third kappa shape index (κ3) is 1.43. The highest BCUT2D eigenvalue weighted by molar-refractivity contribution is 5.90. The van der Waals surface area contributed by atoms with Crippen molar-refractivity contribution in [2.75, 3.05) is 0 Å². The Bertz CT molecular complexity index is 439. The summed E-state index contributed by atoms with van der Waals surface area (Å²) >= 11 is 0. The van der Waals surface area contributed by atoms with E-state index in [1.54, 1.807) is 0 Å². The van der Waals surface area contributed by atoms with Gasteiger partial charge in [-0.25, -0.2) is 4.79 Å². The SMILES string of the molecule is C=C1C(=O)O[C@@H]2[C@H]3[C@H](C)[C@H](O)C=C[C@]3(C)CC[C@@H]12. The molecule has 2 fully saturated rings. The van der Waals surface area contributed by atoms with E-state index in [1.807, 2.05) is 13.0 Å². The molecule has 3 nitrogen and oxygen atoms in total. The van der Waals surface area contributed by atoms with Crippen LogP contribution in [-0.2, 0) is 9.53 Å². The molecular formula is C15H20O3. The summed E-state index contributed by atoms with van der Waals surface area (Å²) in [5, 5.41) is 10.0. The van der Waals surface area contributed by atoms with Gasteiger partial charge in [0, 0.05) is 17.4 Å². The summed E-state index contributed by atoms with van der Waals surface area (Å²) in [4.78, 5) is 11.7. The quantitative estimate of drug-likeness (QED) is 0.405. The number of aliphatic hydroxyl groups is 1. The summed E-state index contributed by atoms with van der Waals surface area (Å²) in [6, 6.07) is 0. The van der Waals surface area contributed by atoms with Crippen LogP contribution < -0.4 is 0 Å². The first-order chi connectivity index (χ1) is 8.44. The number of aliphatic hydroxyl groups excluding tert-OH is 1. The van der Waals surface area contributed by atoms with Crippen LogP contribution in [0, 0.1) is 23.2 Å². The molecule has 98 valence electrons. The van der Waals surface area contributed by atoms with Gasteiger partial charge in [-0.1, -0.05) is 32.6 Å². The average Bonchev–Trinajstić information content (AvgIpc) is 2.60. The van der Waals surface area contributed by atoms with Crippen LogP contribution in [0.1, 0.15) is 26.7 Å². The molecular weight excluding hydrogens is 228 g/mol. The van der Waals surface area contributed by atoms with Gasteiger partial charge in [0.15, 0.2) is 0 Å². The highest BCUT2D eigenvalue weighted by atomic mass is 16.6. The van der Waals surface area contributed by atoms with Crippen LogP contribution in [0.25, 0.3) is 0 Å². The van der Waals surface area contributed by atoms with Gasteiger partial charge in [0.25, 0.3) is 0 Å². The van der Waals surface area contributed by atoms with Crippen LogP contribution >= 0.6 is 0 Å². The third-order valence-corrected chi connectivity index (χ3v) is 5.24. The third-order valence-electron chi connectivity index (χ3n) is 5.24. The van der Waals surface area contributed by atoms with Gasteiger partial charge in [-0.3, -0.25) is 0 Å². The van der Waals surface area contributed by atoms with Crippen molar-refractivity contribution in [2.45, 2.75) is 38.9 Å². The Morgan fingerprint density at radius 2 is 2.28 bits per heavy atom. The minimum atomic E-state index is -0.436. The van der Waals surface area contributed by atoms with Crippen molar-refractivity contribution in [3.8, 4) is 0 Å². The Kier molecular flexibility index (Phi) is 2.46. The molecule has 3 aliphatic rings. The lowest BCUT2D eigenvalue weighted by molar-refractivity contribution is -0.149. The number of carbonyl (C=O) groups is 1. The van der Waals surface area contributed by atoms with Crippen LogP contribution in [0.4, 0.5) is 0 Å². The van der Waals surface area contributed by atoms with Gasteiger partial charge in [-0.2, -0.15) is 0 Å². The summed E-state index contributed by atoms with van der Waals surface area (Å²) in [5.41, 5.74) is 0.656. The number of rotatable bonds is 0. The maximum absolute atomic E-state index is 11.7. The van der Waals surface area contributed by atoms with E-state index in [4.69, 9.17) is 4.74 Å². The minimum absolute atomic E-state index is 0.0325. The van der Waals surface area contributed by atoms with Crippen LogP contribution in [0.15, 0.2) is 24.3 Å². The second-order valence-electron chi connectivity index (χ2n) is 6.28. The number of ether oxygens (including phenoxy) is 1. The predicted octanol–water partition coefficient (Wildman–Crippen LogP) is 2.07. The van der Waals surface area contributed by atoms with Crippen molar-refractivity contribution in [1.29, 1.82) is 0 Å². The standard InChI is InChI=1S/C15H20O3/c1-8-10-4-6-15(3)7-5-11(16)9(2)12(15)13(10)18-14(8)17/h5,7,9-13,16H,1,4,6H2,2-3H3/t9-,10+,11-,12-,13+,15+/m1/s1. The van der Waals surface area contributed by atoms with Crippen LogP contribution in [0.5, 0.6) is 0 Å². The Balaban J connectivity index is 2.00. The molecule has 1 aliphatic heterocycles. The normalized spacial score (nSPS) is 50.7. The first-order valence-electron chi connectivity index (χ1n) is 6.71. The highest BCUT2D eigenvalue weighted by Crippen LogP contribution is 2.55. The van der Waals surface area contributed by atoms with Gasteiger partial charge < -0.3 is 9.84 Å². The molecule has 6 atom stereocenters. The van der Waals surface area contributed by atoms with Gasteiger partial charge in [-0.05, 0) is 24.2 Å². The largest absolute Gasteiger partial charge is 0.458 e. The van der Waals surface area contributed by atoms with Crippen molar-refractivity contribution >= 4 is 5.97 Å². The number of allylic oxidation sites excluding steroid dienone is 1. The molecule has 0 unspecified atom stereocenters. The molecule has 0 spiro atoms. The highest BCUT2D eigenvalue weighted by Gasteiger charge is 2.56. The molecule has 3 rings (SSSR count). The summed E-state index contributed by atoms with van der Waals surface area (Å²) in [6.07, 6.45) is 5.46. The van der Waals surface area contributed by atoms with Gasteiger partial charge in [-0.15, -0.1) is 0 Å². The van der Waals surface area contributed by atoms with Gasteiger partial charge >= 0.3 is 5.97 Å². The van der Waals surface area contributed by atoms with E-state index in [0.717, 1.165) is 12.8 Å². The fourth-order valence-electron chi connectivity index (χ4n) is 4.10. The van der Waals surface area contributed by atoms with Gasteiger partial charge in [0.05, 0.1) is 6.10 Å². The molecule has 0 aromatic heterocycles. The van der Waals surface area contributed by atoms with Gasteiger partial charge in [0.1, 0.15) is 6.10 Å². The summed E-state index contributed by atoms with van der Waals surface area (Å²) in [6.45, 7) is 8.13. The molecule has 0 aromatic rings. The molecule has 0 aromatic carbocycles. The minimum Gasteiger partial charge on any atom is -0.458 e. The van der Waals surface area contributed by atoms with Crippen LogP contribution in [-0.4, -0.2) is 23.3 Å². The van der Waals surface area contributed by atoms with Crippen molar-refractivity contribution in [2.24, 2.45) is 23.2 Å². The number of hydrogen-bond acceptors (Lipinski definition) is 3. The van der Waals surface area contributed by atoms with Gasteiger partial charge in [0.2, 0.25) is 0 Å². The Labute approximate surface area is 108 Å². The molecule has 1 saturated carbocycles. The van der Waals surface area contributed by atoms with E-state index < -0.39 is 6.10 Å². The molecule has 18 heavy (non-hydrogen) atoms. The molecule has 0 radical (unpaired) electrons. The Morgan fingerprint density at radius 1 is 1.56 bits per heavy atom. The molecule has 1 N–H and O–H groups in total. The second kappa shape index (κ2) is 3.70. The van der Waals surface area contributed by atoms with Crippen molar-refractivity contribution < 1.29 is 14.6 Å². The molecule has 1 heterocycles. The first kappa shape index (κ1) is 12.0. The summed E-state index contributed by atoms with van der Waals surface area (Å²) in [5.74, 6) is 0.216. The lowest BCUT2D eigenvalue weighted by Crippen LogP contribution is -2.50. The maximum Gasteiger partial charge on any atom is 0.334 e. The first-order valence-corrected chi connectivity index (χ1v) is 6.71. The van der Waals surface area contributed by atoms with E-state index in [0.29, 0.717) is 5.57 Å². The summed E-state index contributed by atoms with van der Waals surface area (Å²) < 4.78 is 5.55. The monoisotopic (exact) mass is 248 g/mol.